The van der Waals surface area contributed by atoms with Crippen molar-refractivity contribution in [3.05, 3.63) is 0 Å². The molecule has 2 atom stereocenters. The summed E-state index contributed by atoms with van der Waals surface area (Å²) in [6, 6.07) is 0.631. The third-order valence-corrected chi connectivity index (χ3v) is 4.47. The Morgan fingerprint density at radius 1 is 1.21 bits per heavy atom. The van der Waals surface area contributed by atoms with Gasteiger partial charge in [0.05, 0.1) is 6.61 Å². The molecule has 2 fully saturated rings. The van der Waals surface area contributed by atoms with E-state index in [-0.39, 0.29) is 0 Å². The van der Waals surface area contributed by atoms with E-state index in [1.54, 1.807) is 0 Å². The smallest absolute Gasteiger partial charge is 0.0619 e. The van der Waals surface area contributed by atoms with Crippen molar-refractivity contribution in [1.29, 1.82) is 0 Å². The van der Waals surface area contributed by atoms with Crippen molar-refractivity contribution in [2.45, 2.75) is 43.4 Å². The van der Waals surface area contributed by atoms with E-state index in [0.717, 1.165) is 18.5 Å². The first kappa shape index (κ1) is 10.8. The highest BCUT2D eigenvalue weighted by molar-refractivity contribution is 7.99. The molecule has 0 radical (unpaired) electrons. The van der Waals surface area contributed by atoms with Crippen LogP contribution in [0.2, 0.25) is 0 Å². The molecule has 2 nitrogen and oxygen atoms in total. The van der Waals surface area contributed by atoms with E-state index in [1.165, 1.54) is 44.4 Å². The van der Waals surface area contributed by atoms with Crippen molar-refractivity contribution in [2.24, 2.45) is 0 Å². The topological polar surface area (TPSA) is 21.3 Å². The van der Waals surface area contributed by atoms with Crippen LogP contribution in [0.4, 0.5) is 0 Å². The first-order valence-corrected chi connectivity index (χ1v) is 6.93. The fourth-order valence-corrected chi connectivity index (χ4v) is 3.42. The minimum Gasteiger partial charge on any atom is -0.380 e. The molecule has 3 heteroatoms. The van der Waals surface area contributed by atoms with Gasteiger partial charge >= 0.3 is 0 Å². The molecule has 0 aromatic carbocycles. The van der Waals surface area contributed by atoms with Gasteiger partial charge < -0.3 is 10.1 Å². The Kier molecular flexibility index (Phi) is 4.61. The van der Waals surface area contributed by atoms with Crippen LogP contribution in [-0.2, 0) is 4.74 Å². The molecule has 14 heavy (non-hydrogen) atoms. The van der Waals surface area contributed by atoms with Crippen LogP contribution in [0.1, 0.15) is 32.1 Å². The lowest BCUT2D eigenvalue weighted by Gasteiger charge is -2.27. The standard InChI is InChI=1S/C11H21NOS/c1-2-7-14-11(5-1)8-12-10-4-3-6-13-9-10/h10-12H,1-9H2. The Morgan fingerprint density at radius 2 is 2.21 bits per heavy atom. The Labute approximate surface area is 91.2 Å². The monoisotopic (exact) mass is 215 g/mol. The maximum Gasteiger partial charge on any atom is 0.0619 e. The second-order valence-corrected chi connectivity index (χ2v) is 5.72. The SMILES string of the molecule is C1CCC(CNC2CCCOC2)SC1. The van der Waals surface area contributed by atoms with Crippen LogP contribution < -0.4 is 5.32 Å². The number of hydrogen-bond donors (Lipinski definition) is 1. The quantitative estimate of drug-likeness (QED) is 0.778. The minimum absolute atomic E-state index is 0.631. The molecular weight excluding hydrogens is 194 g/mol. The van der Waals surface area contributed by atoms with Crippen LogP contribution in [0.15, 0.2) is 0 Å². The highest BCUT2D eigenvalue weighted by Gasteiger charge is 2.17. The maximum atomic E-state index is 5.45. The number of thioether (sulfide) groups is 1. The summed E-state index contributed by atoms with van der Waals surface area (Å²) in [5.74, 6) is 1.37. The average molecular weight is 215 g/mol. The van der Waals surface area contributed by atoms with Gasteiger partial charge in [-0.15, -0.1) is 0 Å². The van der Waals surface area contributed by atoms with E-state index in [1.807, 2.05) is 0 Å². The van der Waals surface area contributed by atoms with Crippen molar-refractivity contribution >= 4 is 11.8 Å². The number of nitrogens with one attached hydrogen (secondary N) is 1. The van der Waals surface area contributed by atoms with E-state index in [0.29, 0.717) is 6.04 Å². The second kappa shape index (κ2) is 5.99. The van der Waals surface area contributed by atoms with Crippen molar-refractivity contribution < 1.29 is 4.74 Å². The largest absolute Gasteiger partial charge is 0.380 e. The van der Waals surface area contributed by atoms with Crippen LogP contribution in [-0.4, -0.2) is 36.8 Å². The van der Waals surface area contributed by atoms with Crippen LogP contribution in [0.3, 0.4) is 0 Å². The summed E-state index contributed by atoms with van der Waals surface area (Å²) >= 11 is 2.15. The predicted octanol–water partition coefficient (Wildman–Crippen LogP) is 2.04. The fraction of sp³-hybridized carbons (Fsp3) is 1.00. The lowest BCUT2D eigenvalue weighted by atomic mass is 10.1. The van der Waals surface area contributed by atoms with Crippen molar-refractivity contribution in [3.8, 4) is 0 Å². The summed E-state index contributed by atoms with van der Waals surface area (Å²) in [6.07, 6.45) is 6.80. The van der Waals surface area contributed by atoms with Gasteiger partial charge in [-0.2, -0.15) is 11.8 Å². The van der Waals surface area contributed by atoms with Gasteiger partial charge in [-0.3, -0.25) is 0 Å². The molecule has 0 amide bonds. The zero-order valence-corrected chi connectivity index (χ0v) is 9.65. The summed E-state index contributed by atoms with van der Waals surface area (Å²) in [5, 5.41) is 4.51. The molecule has 2 rings (SSSR count). The zero-order valence-electron chi connectivity index (χ0n) is 8.84. The Balaban J connectivity index is 1.60. The van der Waals surface area contributed by atoms with E-state index in [9.17, 15) is 0 Å². The lowest BCUT2D eigenvalue weighted by Crippen LogP contribution is -2.40. The number of ether oxygens (including phenoxy) is 1. The highest BCUT2D eigenvalue weighted by atomic mass is 32.2. The van der Waals surface area contributed by atoms with Crippen molar-refractivity contribution in [2.75, 3.05) is 25.5 Å². The first-order chi connectivity index (χ1) is 6.95. The summed E-state index contributed by atoms with van der Waals surface area (Å²) < 4.78 is 5.45. The molecule has 2 saturated heterocycles. The van der Waals surface area contributed by atoms with Gasteiger partial charge in [0.25, 0.3) is 0 Å². The molecule has 82 valence electrons. The molecule has 2 aliphatic rings. The van der Waals surface area contributed by atoms with Crippen LogP contribution in [0.25, 0.3) is 0 Å². The Hall–Kier alpha value is 0.270. The molecule has 0 aliphatic carbocycles. The molecule has 2 unspecified atom stereocenters. The van der Waals surface area contributed by atoms with E-state index in [4.69, 9.17) is 4.74 Å². The van der Waals surface area contributed by atoms with Gasteiger partial charge in [0.15, 0.2) is 0 Å². The zero-order chi connectivity index (χ0) is 9.64. The van der Waals surface area contributed by atoms with Crippen molar-refractivity contribution in [1.82, 2.24) is 5.32 Å². The van der Waals surface area contributed by atoms with Gasteiger partial charge in [0.2, 0.25) is 0 Å². The highest BCUT2D eigenvalue weighted by Crippen LogP contribution is 2.24. The Morgan fingerprint density at radius 3 is 2.93 bits per heavy atom. The summed E-state index contributed by atoms with van der Waals surface area (Å²) in [4.78, 5) is 0. The molecule has 1 N–H and O–H groups in total. The summed E-state index contributed by atoms with van der Waals surface area (Å²) in [6.45, 7) is 3.09. The van der Waals surface area contributed by atoms with E-state index < -0.39 is 0 Å². The van der Waals surface area contributed by atoms with Gasteiger partial charge in [-0.25, -0.2) is 0 Å². The average Bonchev–Trinajstić information content (AvgIpc) is 2.29. The normalized spacial score (nSPS) is 34.3. The van der Waals surface area contributed by atoms with Crippen LogP contribution in [0, 0.1) is 0 Å². The second-order valence-electron chi connectivity index (χ2n) is 4.31. The fourth-order valence-electron chi connectivity index (χ4n) is 2.17. The third-order valence-electron chi connectivity index (χ3n) is 3.07. The summed E-state index contributed by atoms with van der Waals surface area (Å²) in [5.41, 5.74) is 0. The van der Waals surface area contributed by atoms with Gasteiger partial charge in [0, 0.05) is 24.4 Å². The predicted molar refractivity (Wildman–Crippen MR) is 61.9 cm³/mol. The molecule has 0 saturated carbocycles. The minimum atomic E-state index is 0.631. The molecular formula is C11H21NOS. The van der Waals surface area contributed by atoms with E-state index >= 15 is 0 Å². The lowest BCUT2D eigenvalue weighted by molar-refractivity contribution is 0.0706. The van der Waals surface area contributed by atoms with Crippen LogP contribution >= 0.6 is 11.8 Å². The van der Waals surface area contributed by atoms with Crippen molar-refractivity contribution in [3.63, 3.8) is 0 Å². The summed E-state index contributed by atoms with van der Waals surface area (Å²) in [7, 11) is 0. The number of hydrogen-bond acceptors (Lipinski definition) is 3. The molecule has 0 aromatic heterocycles. The maximum absolute atomic E-state index is 5.45. The molecule has 0 bridgehead atoms. The molecule has 2 aliphatic heterocycles. The van der Waals surface area contributed by atoms with Gasteiger partial charge in [-0.1, -0.05) is 6.42 Å². The molecule has 2 heterocycles. The van der Waals surface area contributed by atoms with Crippen LogP contribution in [0.5, 0.6) is 0 Å². The van der Waals surface area contributed by atoms with Gasteiger partial charge in [-0.05, 0) is 31.4 Å². The molecule has 0 aromatic rings. The van der Waals surface area contributed by atoms with Gasteiger partial charge in [0.1, 0.15) is 0 Å². The third kappa shape index (κ3) is 3.44. The Bertz CT molecular complexity index is 135. The number of rotatable bonds is 3. The first-order valence-electron chi connectivity index (χ1n) is 5.88. The van der Waals surface area contributed by atoms with E-state index in [2.05, 4.69) is 17.1 Å². The molecule has 0 spiro atoms.